The first-order valence-corrected chi connectivity index (χ1v) is 14.9. The fraction of sp³-hybridized carbons (Fsp3) is 0.467. The van der Waals surface area contributed by atoms with Crippen LogP contribution in [-0.4, -0.2) is 48.2 Å². The van der Waals surface area contributed by atoms with Crippen LogP contribution in [0.25, 0.3) is 0 Å². The average molecular weight is 539 g/mol. The van der Waals surface area contributed by atoms with E-state index in [1.165, 1.54) is 6.07 Å². The summed E-state index contributed by atoms with van der Waals surface area (Å²) in [6.45, 7) is 11.1. The number of aromatic nitrogens is 2. The van der Waals surface area contributed by atoms with Crippen molar-refractivity contribution in [1.82, 2.24) is 14.9 Å². The van der Waals surface area contributed by atoms with Gasteiger partial charge in [0.25, 0.3) is 0 Å². The number of likely N-dealkylation sites (tertiary alicyclic amines) is 1. The number of benzene rings is 2. The minimum atomic E-state index is -3.30. The van der Waals surface area contributed by atoms with Crippen LogP contribution in [0, 0.1) is 19.7 Å². The van der Waals surface area contributed by atoms with E-state index in [1.54, 1.807) is 27.0 Å². The summed E-state index contributed by atoms with van der Waals surface area (Å²) >= 11 is 0. The van der Waals surface area contributed by atoms with Crippen LogP contribution >= 0.6 is 0 Å². The SMILES string of the molecule is Cc1ccc(Cc2nc(Nc3ccc(C4CCN(C)CC4)c(F)c3)ncc2C)cc1CS(=O)(=O)C(C)(C)C. The lowest BCUT2D eigenvalue weighted by molar-refractivity contribution is 0.253. The van der Waals surface area contributed by atoms with Crippen LogP contribution in [0.2, 0.25) is 0 Å². The number of anilines is 2. The predicted molar refractivity (Wildman–Crippen MR) is 152 cm³/mol. The van der Waals surface area contributed by atoms with E-state index in [9.17, 15) is 12.8 Å². The summed E-state index contributed by atoms with van der Waals surface area (Å²) in [5.74, 6) is 0.458. The van der Waals surface area contributed by atoms with Gasteiger partial charge in [0.1, 0.15) is 5.82 Å². The quantitative estimate of drug-likeness (QED) is 0.392. The molecule has 0 saturated carbocycles. The number of aryl methyl sites for hydroxylation is 2. The molecule has 3 aromatic rings. The molecule has 0 spiro atoms. The van der Waals surface area contributed by atoms with Gasteiger partial charge in [-0.15, -0.1) is 0 Å². The van der Waals surface area contributed by atoms with Crippen LogP contribution in [-0.2, 0) is 22.0 Å². The van der Waals surface area contributed by atoms with Crippen molar-refractivity contribution in [2.24, 2.45) is 0 Å². The highest BCUT2D eigenvalue weighted by Gasteiger charge is 2.29. The highest BCUT2D eigenvalue weighted by Crippen LogP contribution is 2.31. The molecule has 1 saturated heterocycles. The zero-order valence-electron chi connectivity index (χ0n) is 23.3. The third-order valence-corrected chi connectivity index (χ3v) is 10.1. The first kappa shape index (κ1) is 28.2. The topological polar surface area (TPSA) is 75.2 Å². The van der Waals surface area contributed by atoms with Gasteiger partial charge in [-0.1, -0.05) is 24.3 Å². The molecule has 0 radical (unpaired) electrons. The predicted octanol–water partition coefficient (Wildman–Crippen LogP) is 6.09. The van der Waals surface area contributed by atoms with E-state index in [1.807, 2.05) is 44.2 Å². The van der Waals surface area contributed by atoms with Crippen molar-refractivity contribution in [2.45, 2.75) is 70.3 Å². The Morgan fingerprint density at radius 2 is 1.76 bits per heavy atom. The van der Waals surface area contributed by atoms with E-state index in [0.29, 0.717) is 18.1 Å². The normalized spacial score (nSPS) is 15.6. The lowest BCUT2D eigenvalue weighted by atomic mass is 9.89. The van der Waals surface area contributed by atoms with Crippen molar-refractivity contribution in [3.05, 3.63) is 81.9 Å². The van der Waals surface area contributed by atoms with Gasteiger partial charge in [-0.25, -0.2) is 22.8 Å². The molecule has 0 unspecified atom stereocenters. The van der Waals surface area contributed by atoms with Gasteiger partial charge in [-0.2, -0.15) is 0 Å². The van der Waals surface area contributed by atoms with E-state index in [4.69, 9.17) is 4.98 Å². The number of hydrogen-bond donors (Lipinski definition) is 1. The van der Waals surface area contributed by atoms with Crippen molar-refractivity contribution >= 4 is 21.5 Å². The van der Waals surface area contributed by atoms with Gasteiger partial charge in [0.2, 0.25) is 5.95 Å². The van der Waals surface area contributed by atoms with Gasteiger partial charge in [0.15, 0.2) is 9.84 Å². The van der Waals surface area contributed by atoms with Crippen molar-refractivity contribution in [3.63, 3.8) is 0 Å². The van der Waals surface area contributed by atoms with Gasteiger partial charge in [-0.3, -0.25) is 0 Å². The average Bonchev–Trinajstić information content (AvgIpc) is 2.83. The van der Waals surface area contributed by atoms with Gasteiger partial charge in [0, 0.05) is 18.3 Å². The molecule has 1 fully saturated rings. The molecule has 0 amide bonds. The minimum absolute atomic E-state index is 0.00481. The van der Waals surface area contributed by atoms with Crippen molar-refractivity contribution < 1.29 is 12.8 Å². The highest BCUT2D eigenvalue weighted by molar-refractivity contribution is 7.91. The van der Waals surface area contributed by atoms with Crippen LogP contribution in [0.5, 0.6) is 0 Å². The number of rotatable bonds is 7. The number of halogens is 1. The summed E-state index contributed by atoms with van der Waals surface area (Å²) < 4.78 is 39.8. The van der Waals surface area contributed by atoms with Crippen molar-refractivity contribution in [3.8, 4) is 0 Å². The molecule has 1 N–H and O–H groups in total. The first-order valence-electron chi connectivity index (χ1n) is 13.2. The lowest BCUT2D eigenvalue weighted by Gasteiger charge is -2.29. The first-order chi connectivity index (χ1) is 17.8. The molecule has 1 aliphatic heterocycles. The molecule has 0 aliphatic carbocycles. The number of sulfone groups is 1. The molecule has 2 heterocycles. The second-order valence-electron chi connectivity index (χ2n) is 11.6. The molecule has 8 heteroatoms. The fourth-order valence-electron chi connectivity index (χ4n) is 4.71. The summed E-state index contributed by atoms with van der Waals surface area (Å²) in [6, 6.07) is 11.2. The van der Waals surface area contributed by atoms with Crippen molar-refractivity contribution in [1.29, 1.82) is 0 Å². The lowest BCUT2D eigenvalue weighted by Crippen LogP contribution is -2.29. The van der Waals surface area contributed by atoms with Gasteiger partial charge >= 0.3 is 0 Å². The summed E-state index contributed by atoms with van der Waals surface area (Å²) in [6.07, 6.45) is 4.23. The Kier molecular flexibility index (Phi) is 8.23. The standard InChI is InChI=1S/C30H39FN4O2S/c1-20-7-8-22(15-24(20)19-38(36,37)30(3,4)5)16-28-21(2)18-32-29(34-28)33-25-9-10-26(27(31)17-25)23-11-13-35(6)14-12-23/h7-10,15,17-18,23H,11-14,16,19H2,1-6H3,(H,32,33,34). The third-order valence-electron chi connectivity index (χ3n) is 7.56. The second kappa shape index (κ2) is 11.1. The number of nitrogens with zero attached hydrogens (tertiary/aromatic N) is 3. The van der Waals surface area contributed by atoms with Gasteiger partial charge in [-0.05, 0) is 113 Å². The largest absolute Gasteiger partial charge is 0.324 e. The summed E-state index contributed by atoms with van der Waals surface area (Å²) in [5.41, 5.74) is 5.90. The monoisotopic (exact) mass is 538 g/mol. The summed E-state index contributed by atoms with van der Waals surface area (Å²) in [4.78, 5) is 11.4. The zero-order valence-corrected chi connectivity index (χ0v) is 24.1. The van der Waals surface area contributed by atoms with E-state index in [0.717, 1.165) is 59.4 Å². The Balaban J connectivity index is 1.51. The molecule has 0 bridgehead atoms. The van der Waals surface area contributed by atoms with Crippen LogP contribution in [0.3, 0.4) is 0 Å². The fourth-order valence-corrected chi connectivity index (χ4v) is 5.86. The molecular formula is C30H39FN4O2S. The molecule has 6 nitrogen and oxygen atoms in total. The van der Waals surface area contributed by atoms with Crippen LogP contribution in [0.15, 0.2) is 42.6 Å². The molecule has 1 aliphatic rings. The number of nitrogens with one attached hydrogen (secondary N) is 1. The molecule has 4 rings (SSSR count). The Morgan fingerprint density at radius 3 is 2.42 bits per heavy atom. The maximum Gasteiger partial charge on any atom is 0.227 e. The summed E-state index contributed by atoms with van der Waals surface area (Å²) in [5, 5.41) is 3.15. The zero-order chi connectivity index (χ0) is 27.7. The Bertz CT molecular complexity index is 1410. The molecule has 38 heavy (non-hydrogen) atoms. The Morgan fingerprint density at radius 1 is 1.05 bits per heavy atom. The minimum Gasteiger partial charge on any atom is -0.324 e. The Hall–Kier alpha value is -2.84. The van der Waals surface area contributed by atoms with Crippen LogP contribution < -0.4 is 5.32 Å². The van der Waals surface area contributed by atoms with Crippen LogP contribution in [0.4, 0.5) is 16.0 Å². The van der Waals surface area contributed by atoms with E-state index >= 15 is 0 Å². The smallest absolute Gasteiger partial charge is 0.227 e. The highest BCUT2D eigenvalue weighted by atomic mass is 32.2. The number of piperidine rings is 1. The van der Waals surface area contributed by atoms with Crippen molar-refractivity contribution in [2.75, 3.05) is 25.5 Å². The summed E-state index contributed by atoms with van der Waals surface area (Å²) in [7, 11) is -1.20. The second-order valence-corrected chi connectivity index (χ2v) is 14.3. The van der Waals surface area contributed by atoms with Crippen LogP contribution in [0.1, 0.15) is 73.0 Å². The third kappa shape index (κ3) is 6.59. The molecular weight excluding hydrogens is 499 g/mol. The molecule has 1 aromatic heterocycles. The molecule has 2 aromatic carbocycles. The molecule has 0 atom stereocenters. The van der Waals surface area contributed by atoms with E-state index in [-0.39, 0.29) is 17.5 Å². The molecule has 204 valence electrons. The maximum absolute atomic E-state index is 15.0. The van der Waals surface area contributed by atoms with Gasteiger partial charge < -0.3 is 10.2 Å². The van der Waals surface area contributed by atoms with E-state index in [2.05, 4.69) is 22.2 Å². The number of hydrogen-bond acceptors (Lipinski definition) is 6. The van der Waals surface area contributed by atoms with E-state index < -0.39 is 14.6 Å². The Labute approximate surface area is 226 Å². The van der Waals surface area contributed by atoms with Gasteiger partial charge in [0.05, 0.1) is 16.2 Å². The maximum atomic E-state index is 15.0.